The van der Waals surface area contributed by atoms with Crippen LogP contribution in [-0.4, -0.2) is 44.1 Å². The largest absolute Gasteiger partial charge is 0.497 e. The summed E-state index contributed by atoms with van der Waals surface area (Å²) in [6.07, 6.45) is 0. The topological polar surface area (TPSA) is 38.8 Å². The predicted molar refractivity (Wildman–Crippen MR) is 89.0 cm³/mol. The Morgan fingerprint density at radius 1 is 1.09 bits per heavy atom. The number of hydrogen-bond acceptors (Lipinski definition) is 4. The molecule has 4 heteroatoms. The highest BCUT2D eigenvalue weighted by atomic mass is 16.5. The van der Waals surface area contributed by atoms with Gasteiger partial charge in [0.1, 0.15) is 5.75 Å². The fraction of sp³-hybridized carbons (Fsp3) is 0.316. The molecule has 120 valence electrons. The number of carbonyl (C=O) groups excluding carboxylic acids is 1. The van der Waals surface area contributed by atoms with Gasteiger partial charge in [0.15, 0.2) is 5.78 Å². The highest BCUT2D eigenvalue weighted by Gasteiger charge is 2.13. The molecule has 2 aromatic rings. The van der Waals surface area contributed by atoms with E-state index in [0.717, 1.165) is 49.7 Å². The summed E-state index contributed by atoms with van der Waals surface area (Å²) in [7, 11) is 1.62. The van der Waals surface area contributed by atoms with Gasteiger partial charge in [-0.2, -0.15) is 0 Å². The van der Waals surface area contributed by atoms with E-state index in [9.17, 15) is 4.79 Å². The molecule has 0 N–H and O–H groups in total. The zero-order valence-electron chi connectivity index (χ0n) is 13.3. The van der Waals surface area contributed by atoms with E-state index in [1.165, 1.54) is 0 Å². The van der Waals surface area contributed by atoms with Gasteiger partial charge in [-0.3, -0.25) is 9.69 Å². The molecule has 0 unspecified atom stereocenters. The maximum absolute atomic E-state index is 12.6. The summed E-state index contributed by atoms with van der Waals surface area (Å²) in [6, 6.07) is 15.1. The van der Waals surface area contributed by atoms with Crippen molar-refractivity contribution < 1.29 is 14.3 Å². The molecule has 0 atom stereocenters. The highest BCUT2D eigenvalue weighted by molar-refractivity contribution is 6.09. The van der Waals surface area contributed by atoms with Crippen LogP contribution in [0.25, 0.3) is 0 Å². The number of morpholine rings is 1. The van der Waals surface area contributed by atoms with Crippen LogP contribution in [0.1, 0.15) is 21.5 Å². The molecular weight excluding hydrogens is 290 g/mol. The number of carbonyl (C=O) groups is 1. The zero-order valence-corrected chi connectivity index (χ0v) is 13.3. The molecule has 0 bridgehead atoms. The minimum atomic E-state index is 0.0384. The molecule has 1 aliphatic rings. The van der Waals surface area contributed by atoms with E-state index >= 15 is 0 Å². The smallest absolute Gasteiger partial charge is 0.193 e. The fourth-order valence-corrected chi connectivity index (χ4v) is 2.74. The third-order valence-electron chi connectivity index (χ3n) is 4.05. The van der Waals surface area contributed by atoms with Crippen molar-refractivity contribution >= 4 is 5.78 Å². The average Bonchev–Trinajstić information content (AvgIpc) is 2.62. The van der Waals surface area contributed by atoms with Crippen molar-refractivity contribution in [1.29, 1.82) is 0 Å². The van der Waals surface area contributed by atoms with Gasteiger partial charge < -0.3 is 9.47 Å². The Morgan fingerprint density at radius 3 is 2.52 bits per heavy atom. The van der Waals surface area contributed by atoms with Crippen LogP contribution in [0.2, 0.25) is 0 Å². The van der Waals surface area contributed by atoms with E-state index < -0.39 is 0 Å². The van der Waals surface area contributed by atoms with Crippen molar-refractivity contribution in [3.05, 3.63) is 65.2 Å². The Hall–Kier alpha value is -2.17. The lowest BCUT2D eigenvalue weighted by molar-refractivity contribution is 0.0342. The Kier molecular flexibility index (Phi) is 5.05. The number of methoxy groups -OCH3 is 1. The standard InChI is InChI=1S/C19H21NO3/c1-22-18-7-5-16(6-8-18)19(21)17-4-2-3-15(13-17)14-20-9-11-23-12-10-20/h2-8,13H,9-12,14H2,1H3. The van der Waals surface area contributed by atoms with E-state index in [2.05, 4.69) is 11.0 Å². The first-order valence-electron chi connectivity index (χ1n) is 7.84. The van der Waals surface area contributed by atoms with Gasteiger partial charge in [-0.15, -0.1) is 0 Å². The van der Waals surface area contributed by atoms with Crippen molar-refractivity contribution in [1.82, 2.24) is 4.90 Å². The van der Waals surface area contributed by atoms with Gasteiger partial charge in [0.2, 0.25) is 0 Å². The summed E-state index contributed by atoms with van der Waals surface area (Å²) in [5, 5.41) is 0. The van der Waals surface area contributed by atoms with Crippen molar-refractivity contribution in [2.24, 2.45) is 0 Å². The number of rotatable bonds is 5. The molecule has 4 nitrogen and oxygen atoms in total. The summed E-state index contributed by atoms with van der Waals surface area (Å²) in [6.45, 7) is 4.30. The third kappa shape index (κ3) is 3.97. The molecule has 0 spiro atoms. The lowest BCUT2D eigenvalue weighted by Gasteiger charge is -2.26. The van der Waals surface area contributed by atoms with Gasteiger partial charge in [0, 0.05) is 30.8 Å². The van der Waals surface area contributed by atoms with Crippen molar-refractivity contribution in [3.8, 4) is 5.75 Å². The van der Waals surface area contributed by atoms with Crippen LogP contribution in [-0.2, 0) is 11.3 Å². The van der Waals surface area contributed by atoms with Crippen molar-refractivity contribution in [2.45, 2.75) is 6.54 Å². The van der Waals surface area contributed by atoms with Gasteiger partial charge in [0.25, 0.3) is 0 Å². The minimum Gasteiger partial charge on any atom is -0.497 e. The molecule has 1 fully saturated rings. The highest BCUT2D eigenvalue weighted by Crippen LogP contribution is 2.17. The number of ketones is 1. The van der Waals surface area contributed by atoms with Crippen LogP contribution >= 0.6 is 0 Å². The van der Waals surface area contributed by atoms with E-state index in [1.54, 1.807) is 19.2 Å². The molecule has 1 heterocycles. The Labute approximate surface area is 136 Å². The number of hydrogen-bond donors (Lipinski definition) is 0. The van der Waals surface area contributed by atoms with Crippen molar-refractivity contribution in [3.63, 3.8) is 0 Å². The number of nitrogens with zero attached hydrogens (tertiary/aromatic N) is 1. The normalized spacial score (nSPS) is 15.3. The Balaban J connectivity index is 1.73. The van der Waals surface area contributed by atoms with E-state index in [0.29, 0.717) is 5.56 Å². The monoisotopic (exact) mass is 311 g/mol. The van der Waals surface area contributed by atoms with E-state index in [1.807, 2.05) is 30.3 Å². The first-order valence-corrected chi connectivity index (χ1v) is 7.84. The van der Waals surface area contributed by atoms with Gasteiger partial charge in [0.05, 0.1) is 20.3 Å². The lowest BCUT2D eigenvalue weighted by atomic mass is 10.0. The Bertz CT molecular complexity index is 661. The maximum atomic E-state index is 12.6. The lowest BCUT2D eigenvalue weighted by Crippen LogP contribution is -2.35. The minimum absolute atomic E-state index is 0.0384. The first-order chi connectivity index (χ1) is 11.3. The van der Waals surface area contributed by atoms with Gasteiger partial charge in [-0.1, -0.05) is 18.2 Å². The van der Waals surface area contributed by atoms with Crippen LogP contribution in [0.3, 0.4) is 0 Å². The van der Waals surface area contributed by atoms with Gasteiger partial charge >= 0.3 is 0 Å². The fourth-order valence-electron chi connectivity index (χ4n) is 2.74. The average molecular weight is 311 g/mol. The van der Waals surface area contributed by atoms with E-state index in [-0.39, 0.29) is 5.78 Å². The number of benzene rings is 2. The SMILES string of the molecule is COc1ccc(C(=O)c2cccc(CN3CCOCC3)c2)cc1. The quantitative estimate of drug-likeness (QED) is 0.796. The van der Waals surface area contributed by atoms with Crippen LogP contribution < -0.4 is 4.74 Å². The first kappa shape index (κ1) is 15.7. The van der Waals surface area contributed by atoms with Crippen LogP contribution in [0.4, 0.5) is 0 Å². The molecule has 0 saturated carbocycles. The maximum Gasteiger partial charge on any atom is 0.193 e. The molecule has 1 saturated heterocycles. The van der Waals surface area contributed by atoms with Crippen LogP contribution in [0.5, 0.6) is 5.75 Å². The second-order valence-electron chi connectivity index (χ2n) is 5.65. The Morgan fingerprint density at radius 2 is 1.83 bits per heavy atom. The molecule has 3 rings (SSSR count). The molecule has 2 aromatic carbocycles. The summed E-state index contributed by atoms with van der Waals surface area (Å²) in [5.74, 6) is 0.791. The summed E-state index contributed by atoms with van der Waals surface area (Å²) < 4.78 is 10.5. The predicted octanol–water partition coefficient (Wildman–Crippen LogP) is 2.76. The molecule has 0 amide bonds. The van der Waals surface area contributed by atoms with Crippen LogP contribution in [0.15, 0.2) is 48.5 Å². The zero-order chi connectivity index (χ0) is 16.1. The second-order valence-corrected chi connectivity index (χ2v) is 5.65. The summed E-state index contributed by atoms with van der Waals surface area (Å²) in [5.41, 5.74) is 2.56. The molecular formula is C19H21NO3. The van der Waals surface area contributed by atoms with Crippen LogP contribution in [0, 0.1) is 0 Å². The number of ether oxygens (including phenoxy) is 2. The molecule has 23 heavy (non-hydrogen) atoms. The van der Waals surface area contributed by atoms with E-state index in [4.69, 9.17) is 9.47 Å². The third-order valence-corrected chi connectivity index (χ3v) is 4.05. The van der Waals surface area contributed by atoms with Crippen molar-refractivity contribution in [2.75, 3.05) is 33.4 Å². The molecule has 0 radical (unpaired) electrons. The summed E-state index contributed by atoms with van der Waals surface area (Å²) >= 11 is 0. The van der Waals surface area contributed by atoms with Gasteiger partial charge in [-0.05, 0) is 35.9 Å². The van der Waals surface area contributed by atoms with Gasteiger partial charge in [-0.25, -0.2) is 0 Å². The molecule has 0 aromatic heterocycles. The second kappa shape index (κ2) is 7.40. The summed E-state index contributed by atoms with van der Waals surface area (Å²) in [4.78, 5) is 15.0. The molecule has 0 aliphatic carbocycles. The molecule has 1 aliphatic heterocycles.